The van der Waals surface area contributed by atoms with Crippen molar-refractivity contribution >= 4 is 15.9 Å². The molecular formula is C11H15BrN2O. The molecule has 1 aliphatic heterocycles. The van der Waals surface area contributed by atoms with Gasteiger partial charge in [-0.05, 0) is 31.2 Å². The van der Waals surface area contributed by atoms with E-state index in [0.717, 1.165) is 28.8 Å². The molecule has 3 N–H and O–H groups in total. The van der Waals surface area contributed by atoms with Crippen molar-refractivity contribution < 1.29 is 4.74 Å². The zero-order valence-corrected chi connectivity index (χ0v) is 10.3. The predicted octanol–water partition coefficient (Wildman–Crippen LogP) is 1.82. The first kappa shape index (κ1) is 10.9. The van der Waals surface area contributed by atoms with Crippen molar-refractivity contribution in [3.05, 3.63) is 28.2 Å². The number of halogens is 1. The van der Waals surface area contributed by atoms with Gasteiger partial charge < -0.3 is 15.8 Å². The number of hydrogen-bond acceptors (Lipinski definition) is 3. The van der Waals surface area contributed by atoms with Crippen LogP contribution in [0.25, 0.3) is 0 Å². The summed E-state index contributed by atoms with van der Waals surface area (Å²) in [6.07, 6.45) is 1.01. The molecule has 1 saturated heterocycles. The Kier molecular flexibility index (Phi) is 3.29. The van der Waals surface area contributed by atoms with Crippen molar-refractivity contribution in [1.82, 2.24) is 5.32 Å². The standard InChI is InChI=1S/C11H15BrN2O/c1-15-10-3-2-7(12)6-8(10)11-9(13)4-5-14-11/h2-3,6,9,11,14H,4-5,13H2,1H3. The van der Waals surface area contributed by atoms with Gasteiger partial charge in [-0.1, -0.05) is 15.9 Å². The summed E-state index contributed by atoms with van der Waals surface area (Å²) in [6, 6.07) is 6.39. The van der Waals surface area contributed by atoms with Crippen LogP contribution in [0.3, 0.4) is 0 Å². The summed E-state index contributed by atoms with van der Waals surface area (Å²) >= 11 is 3.47. The lowest BCUT2D eigenvalue weighted by Gasteiger charge is -2.19. The highest BCUT2D eigenvalue weighted by atomic mass is 79.9. The molecule has 0 spiro atoms. The van der Waals surface area contributed by atoms with E-state index in [1.54, 1.807) is 7.11 Å². The van der Waals surface area contributed by atoms with Crippen molar-refractivity contribution in [2.75, 3.05) is 13.7 Å². The molecule has 2 rings (SSSR count). The molecule has 1 fully saturated rings. The van der Waals surface area contributed by atoms with E-state index in [2.05, 4.69) is 27.3 Å². The van der Waals surface area contributed by atoms with E-state index in [1.165, 1.54) is 0 Å². The maximum atomic E-state index is 6.05. The first-order valence-corrected chi connectivity index (χ1v) is 5.84. The summed E-state index contributed by atoms with van der Waals surface area (Å²) in [7, 11) is 1.69. The van der Waals surface area contributed by atoms with Crippen molar-refractivity contribution in [1.29, 1.82) is 0 Å². The molecule has 0 saturated carbocycles. The van der Waals surface area contributed by atoms with Crippen molar-refractivity contribution in [3.8, 4) is 5.75 Å². The summed E-state index contributed by atoms with van der Waals surface area (Å²) in [5.41, 5.74) is 7.19. The Labute approximate surface area is 98.1 Å². The molecule has 82 valence electrons. The van der Waals surface area contributed by atoms with Crippen LogP contribution in [0.5, 0.6) is 5.75 Å². The van der Waals surface area contributed by atoms with Gasteiger partial charge in [0.25, 0.3) is 0 Å². The van der Waals surface area contributed by atoms with Gasteiger partial charge in [0.1, 0.15) is 5.75 Å². The highest BCUT2D eigenvalue weighted by molar-refractivity contribution is 9.10. The fraction of sp³-hybridized carbons (Fsp3) is 0.455. The number of nitrogens with one attached hydrogen (secondary N) is 1. The van der Waals surface area contributed by atoms with Crippen molar-refractivity contribution in [2.45, 2.75) is 18.5 Å². The lowest BCUT2D eigenvalue weighted by atomic mass is 10.0. The first-order valence-electron chi connectivity index (χ1n) is 5.05. The Balaban J connectivity index is 2.36. The van der Waals surface area contributed by atoms with E-state index in [-0.39, 0.29) is 12.1 Å². The van der Waals surface area contributed by atoms with Crippen LogP contribution in [0.1, 0.15) is 18.0 Å². The van der Waals surface area contributed by atoms with Gasteiger partial charge >= 0.3 is 0 Å². The highest BCUT2D eigenvalue weighted by Gasteiger charge is 2.27. The second-order valence-corrected chi connectivity index (χ2v) is 4.69. The number of ether oxygens (including phenoxy) is 1. The molecule has 1 heterocycles. The van der Waals surface area contributed by atoms with Gasteiger partial charge in [0.2, 0.25) is 0 Å². The second kappa shape index (κ2) is 4.51. The number of rotatable bonds is 2. The lowest BCUT2D eigenvalue weighted by molar-refractivity contribution is 0.400. The number of nitrogens with two attached hydrogens (primary N) is 1. The SMILES string of the molecule is COc1ccc(Br)cc1C1NCCC1N. The van der Waals surface area contributed by atoms with Gasteiger partial charge in [0.15, 0.2) is 0 Å². The molecule has 2 atom stereocenters. The average molecular weight is 271 g/mol. The van der Waals surface area contributed by atoms with Crippen LogP contribution in [0.4, 0.5) is 0 Å². The largest absolute Gasteiger partial charge is 0.496 e. The molecule has 2 unspecified atom stereocenters. The van der Waals surface area contributed by atoms with Crippen LogP contribution in [0.2, 0.25) is 0 Å². The maximum Gasteiger partial charge on any atom is 0.123 e. The van der Waals surface area contributed by atoms with Crippen LogP contribution in [-0.4, -0.2) is 19.7 Å². The second-order valence-electron chi connectivity index (χ2n) is 3.77. The molecule has 0 bridgehead atoms. The number of methoxy groups -OCH3 is 1. The molecule has 1 aromatic rings. The minimum absolute atomic E-state index is 0.174. The Bertz CT molecular complexity index is 356. The van der Waals surface area contributed by atoms with Gasteiger partial charge in [-0.3, -0.25) is 0 Å². The zero-order valence-electron chi connectivity index (χ0n) is 8.66. The zero-order chi connectivity index (χ0) is 10.8. The summed E-state index contributed by atoms with van der Waals surface area (Å²) in [6.45, 7) is 0.974. The molecule has 4 heteroatoms. The smallest absolute Gasteiger partial charge is 0.123 e. The van der Waals surface area contributed by atoms with Gasteiger partial charge in [-0.15, -0.1) is 0 Å². The van der Waals surface area contributed by atoms with E-state index in [1.807, 2.05) is 12.1 Å². The normalized spacial score (nSPS) is 25.5. The topological polar surface area (TPSA) is 47.3 Å². The fourth-order valence-electron chi connectivity index (χ4n) is 2.01. The van der Waals surface area contributed by atoms with E-state index >= 15 is 0 Å². The summed E-state index contributed by atoms with van der Waals surface area (Å²) in [5, 5.41) is 3.40. The van der Waals surface area contributed by atoms with Gasteiger partial charge in [-0.2, -0.15) is 0 Å². The third-order valence-electron chi connectivity index (χ3n) is 2.80. The van der Waals surface area contributed by atoms with Crippen LogP contribution in [-0.2, 0) is 0 Å². The average Bonchev–Trinajstić information content (AvgIpc) is 2.64. The summed E-state index contributed by atoms with van der Waals surface area (Å²) < 4.78 is 6.40. The van der Waals surface area contributed by atoms with E-state index in [4.69, 9.17) is 10.5 Å². The Morgan fingerprint density at radius 2 is 2.33 bits per heavy atom. The molecule has 0 radical (unpaired) electrons. The van der Waals surface area contributed by atoms with Gasteiger partial charge in [0.05, 0.1) is 13.2 Å². The molecule has 0 aliphatic carbocycles. The molecule has 0 aromatic heterocycles. The van der Waals surface area contributed by atoms with E-state index in [0.29, 0.717) is 0 Å². The minimum Gasteiger partial charge on any atom is -0.496 e. The Morgan fingerprint density at radius 3 is 2.93 bits per heavy atom. The minimum atomic E-state index is 0.174. The van der Waals surface area contributed by atoms with Crippen LogP contribution in [0.15, 0.2) is 22.7 Å². The Morgan fingerprint density at radius 1 is 1.53 bits per heavy atom. The molecule has 0 amide bonds. The van der Waals surface area contributed by atoms with Gasteiger partial charge in [0, 0.05) is 16.1 Å². The quantitative estimate of drug-likeness (QED) is 0.862. The molecule has 1 aromatic carbocycles. The van der Waals surface area contributed by atoms with Crippen LogP contribution < -0.4 is 15.8 Å². The molecule has 3 nitrogen and oxygen atoms in total. The summed E-state index contributed by atoms with van der Waals surface area (Å²) in [5.74, 6) is 0.896. The van der Waals surface area contributed by atoms with Crippen LogP contribution >= 0.6 is 15.9 Å². The maximum absolute atomic E-state index is 6.05. The van der Waals surface area contributed by atoms with Gasteiger partial charge in [-0.25, -0.2) is 0 Å². The third-order valence-corrected chi connectivity index (χ3v) is 3.29. The van der Waals surface area contributed by atoms with E-state index in [9.17, 15) is 0 Å². The van der Waals surface area contributed by atoms with E-state index < -0.39 is 0 Å². The fourth-order valence-corrected chi connectivity index (χ4v) is 2.39. The monoisotopic (exact) mass is 270 g/mol. The van der Waals surface area contributed by atoms with Crippen molar-refractivity contribution in [2.24, 2.45) is 5.73 Å². The van der Waals surface area contributed by atoms with Crippen LogP contribution in [0, 0.1) is 0 Å². The Hall–Kier alpha value is -0.580. The number of benzene rings is 1. The third kappa shape index (κ3) is 2.17. The highest BCUT2D eigenvalue weighted by Crippen LogP contribution is 2.32. The molecule has 1 aliphatic rings. The first-order chi connectivity index (χ1) is 7.22. The molecular weight excluding hydrogens is 256 g/mol. The van der Waals surface area contributed by atoms with Crippen molar-refractivity contribution in [3.63, 3.8) is 0 Å². The number of hydrogen-bond donors (Lipinski definition) is 2. The summed E-state index contributed by atoms with van der Waals surface area (Å²) in [4.78, 5) is 0. The predicted molar refractivity (Wildman–Crippen MR) is 64.0 cm³/mol. The lowest BCUT2D eigenvalue weighted by Crippen LogP contribution is -2.28. The molecule has 15 heavy (non-hydrogen) atoms.